The normalized spacial score (nSPS) is 33.6. The molecule has 2 fully saturated rings. The fourth-order valence-electron chi connectivity index (χ4n) is 2.29. The molecule has 0 aromatic rings. The SMILES string of the molecule is O=C(O)C1CCCC2(CC2)C1. The van der Waals surface area contributed by atoms with Gasteiger partial charge in [0.05, 0.1) is 5.92 Å². The number of hydrogen-bond acceptors (Lipinski definition) is 1. The highest BCUT2D eigenvalue weighted by atomic mass is 16.4. The molecule has 2 aliphatic carbocycles. The second-order valence-electron chi connectivity index (χ2n) is 4.13. The summed E-state index contributed by atoms with van der Waals surface area (Å²) in [6, 6.07) is 0. The Morgan fingerprint density at radius 2 is 2.09 bits per heavy atom. The topological polar surface area (TPSA) is 37.3 Å². The maximum Gasteiger partial charge on any atom is 0.306 e. The van der Waals surface area contributed by atoms with E-state index in [4.69, 9.17) is 5.11 Å². The van der Waals surface area contributed by atoms with E-state index in [1.54, 1.807) is 0 Å². The Kier molecular flexibility index (Phi) is 1.44. The van der Waals surface area contributed by atoms with Crippen LogP contribution in [0, 0.1) is 11.3 Å². The van der Waals surface area contributed by atoms with Crippen LogP contribution in [0.2, 0.25) is 0 Å². The maximum absolute atomic E-state index is 10.7. The summed E-state index contributed by atoms with van der Waals surface area (Å²) in [4.78, 5) is 10.7. The van der Waals surface area contributed by atoms with Gasteiger partial charge in [-0.3, -0.25) is 4.79 Å². The lowest BCUT2D eigenvalue weighted by molar-refractivity contribution is -0.143. The van der Waals surface area contributed by atoms with Crippen LogP contribution in [0.1, 0.15) is 38.5 Å². The molecule has 2 heteroatoms. The summed E-state index contributed by atoms with van der Waals surface area (Å²) in [5, 5.41) is 8.80. The Labute approximate surface area is 66.6 Å². The van der Waals surface area contributed by atoms with Crippen LogP contribution in [0.25, 0.3) is 0 Å². The molecule has 1 atom stereocenters. The number of hydrogen-bond donors (Lipinski definition) is 1. The van der Waals surface area contributed by atoms with Crippen molar-refractivity contribution in [3.05, 3.63) is 0 Å². The molecule has 0 amide bonds. The molecule has 0 aromatic carbocycles. The van der Waals surface area contributed by atoms with Crippen molar-refractivity contribution in [2.45, 2.75) is 38.5 Å². The van der Waals surface area contributed by atoms with E-state index >= 15 is 0 Å². The largest absolute Gasteiger partial charge is 0.481 e. The molecule has 11 heavy (non-hydrogen) atoms. The van der Waals surface area contributed by atoms with Gasteiger partial charge in [-0.1, -0.05) is 6.42 Å². The van der Waals surface area contributed by atoms with Crippen LogP contribution >= 0.6 is 0 Å². The van der Waals surface area contributed by atoms with E-state index in [1.165, 1.54) is 19.3 Å². The van der Waals surface area contributed by atoms with Crippen LogP contribution in [0.15, 0.2) is 0 Å². The highest BCUT2D eigenvalue weighted by molar-refractivity contribution is 5.70. The first-order valence-electron chi connectivity index (χ1n) is 4.45. The third-order valence-corrected chi connectivity index (χ3v) is 3.25. The average Bonchev–Trinajstić information content (AvgIpc) is 2.69. The summed E-state index contributed by atoms with van der Waals surface area (Å²) in [6.07, 6.45) is 6.88. The van der Waals surface area contributed by atoms with Crippen molar-refractivity contribution in [2.75, 3.05) is 0 Å². The second kappa shape index (κ2) is 2.23. The lowest BCUT2D eigenvalue weighted by Gasteiger charge is -2.25. The van der Waals surface area contributed by atoms with Crippen molar-refractivity contribution >= 4 is 5.97 Å². The second-order valence-corrected chi connectivity index (χ2v) is 4.13. The molecule has 0 bridgehead atoms. The highest BCUT2D eigenvalue weighted by Gasteiger charge is 2.47. The van der Waals surface area contributed by atoms with Crippen molar-refractivity contribution < 1.29 is 9.90 Å². The summed E-state index contributed by atoms with van der Waals surface area (Å²) in [7, 11) is 0. The molecule has 2 nitrogen and oxygen atoms in total. The van der Waals surface area contributed by atoms with E-state index in [1.807, 2.05) is 0 Å². The van der Waals surface area contributed by atoms with E-state index in [0.717, 1.165) is 19.3 Å². The van der Waals surface area contributed by atoms with Crippen LogP contribution < -0.4 is 0 Å². The van der Waals surface area contributed by atoms with E-state index in [2.05, 4.69) is 0 Å². The molecule has 0 radical (unpaired) electrons. The van der Waals surface area contributed by atoms with Gasteiger partial charge in [0, 0.05) is 0 Å². The van der Waals surface area contributed by atoms with E-state index in [-0.39, 0.29) is 5.92 Å². The standard InChI is InChI=1S/C9H14O2/c10-8(11)7-2-1-3-9(6-7)4-5-9/h7H,1-6H2,(H,10,11). The number of rotatable bonds is 1. The van der Waals surface area contributed by atoms with Crippen molar-refractivity contribution in [1.29, 1.82) is 0 Å². The molecule has 1 spiro atoms. The predicted octanol–water partition coefficient (Wildman–Crippen LogP) is 2.04. The fraction of sp³-hybridized carbons (Fsp3) is 0.889. The Hall–Kier alpha value is -0.530. The van der Waals surface area contributed by atoms with Crippen molar-refractivity contribution in [3.63, 3.8) is 0 Å². The zero-order valence-corrected chi connectivity index (χ0v) is 6.68. The van der Waals surface area contributed by atoms with Gasteiger partial charge in [-0.25, -0.2) is 0 Å². The Balaban J connectivity index is 1.98. The summed E-state index contributed by atoms with van der Waals surface area (Å²) >= 11 is 0. The van der Waals surface area contributed by atoms with E-state index in [9.17, 15) is 4.79 Å². The minimum atomic E-state index is -0.573. The van der Waals surface area contributed by atoms with Crippen molar-refractivity contribution in [2.24, 2.45) is 11.3 Å². The van der Waals surface area contributed by atoms with Crippen LogP contribution in [0.4, 0.5) is 0 Å². The van der Waals surface area contributed by atoms with Crippen LogP contribution in [0.3, 0.4) is 0 Å². The van der Waals surface area contributed by atoms with Gasteiger partial charge in [-0.2, -0.15) is 0 Å². The van der Waals surface area contributed by atoms with Gasteiger partial charge in [0.15, 0.2) is 0 Å². The Bertz CT molecular complexity index is 182. The maximum atomic E-state index is 10.7. The lowest BCUT2D eigenvalue weighted by Crippen LogP contribution is -2.23. The number of aliphatic carboxylic acids is 1. The zero-order chi connectivity index (χ0) is 7.90. The van der Waals surface area contributed by atoms with Gasteiger partial charge in [0.1, 0.15) is 0 Å². The first-order valence-corrected chi connectivity index (χ1v) is 4.45. The zero-order valence-electron chi connectivity index (χ0n) is 6.68. The van der Waals surface area contributed by atoms with Crippen molar-refractivity contribution in [3.8, 4) is 0 Å². The molecular weight excluding hydrogens is 140 g/mol. The van der Waals surface area contributed by atoms with E-state index in [0.29, 0.717) is 5.41 Å². The van der Waals surface area contributed by atoms with Gasteiger partial charge < -0.3 is 5.11 Å². The Morgan fingerprint density at radius 3 is 2.64 bits per heavy atom. The quantitative estimate of drug-likeness (QED) is 0.627. The number of carboxylic acid groups (broad SMARTS) is 1. The smallest absolute Gasteiger partial charge is 0.306 e. The summed E-state index contributed by atoms with van der Waals surface area (Å²) in [6.45, 7) is 0. The predicted molar refractivity (Wildman–Crippen MR) is 41.3 cm³/mol. The number of carboxylic acids is 1. The first kappa shape index (κ1) is 7.14. The Morgan fingerprint density at radius 1 is 1.36 bits per heavy atom. The molecule has 62 valence electrons. The third kappa shape index (κ3) is 1.26. The summed E-state index contributed by atoms with van der Waals surface area (Å²) in [5.74, 6) is -0.595. The minimum Gasteiger partial charge on any atom is -0.481 e. The van der Waals surface area contributed by atoms with Crippen LogP contribution in [0.5, 0.6) is 0 Å². The van der Waals surface area contributed by atoms with Gasteiger partial charge in [-0.15, -0.1) is 0 Å². The minimum absolute atomic E-state index is 0.0220. The molecule has 2 saturated carbocycles. The van der Waals surface area contributed by atoms with Crippen LogP contribution in [-0.2, 0) is 4.79 Å². The van der Waals surface area contributed by atoms with Gasteiger partial charge in [-0.05, 0) is 37.5 Å². The highest BCUT2D eigenvalue weighted by Crippen LogP contribution is 2.57. The lowest BCUT2D eigenvalue weighted by atomic mass is 9.79. The summed E-state index contributed by atoms with van der Waals surface area (Å²) in [5.41, 5.74) is 0.501. The molecule has 1 N–H and O–H groups in total. The van der Waals surface area contributed by atoms with Gasteiger partial charge in [0.25, 0.3) is 0 Å². The van der Waals surface area contributed by atoms with Crippen LogP contribution in [-0.4, -0.2) is 11.1 Å². The monoisotopic (exact) mass is 154 g/mol. The molecule has 0 saturated heterocycles. The van der Waals surface area contributed by atoms with E-state index < -0.39 is 5.97 Å². The molecule has 2 aliphatic rings. The molecular formula is C9H14O2. The first-order chi connectivity index (χ1) is 5.22. The molecule has 0 aliphatic heterocycles. The molecule has 0 aromatic heterocycles. The summed E-state index contributed by atoms with van der Waals surface area (Å²) < 4.78 is 0. The average molecular weight is 154 g/mol. The third-order valence-electron chi connectivity index (χ3n) is 3.25. The fourth-order valence-corrected chi connectivity index (χ4v) is 2.29. The van der Waals surface area contributed by atoms with Gasteiger partial charge >= 0.3 is 5.97 Å². The molecule has 1 unspecified atom stereocenters. The number of carbonyl (C=O) groups is 1. The van der Waals surface area contributed by atoms with Gasteiger partial charge in [0.2, 0.25) is 0 Å². The molecule has 2 rings (SSSR count). The van der Waals surface area contributed by atoms with Crippen molar-refractivity contribution in [1.82, 2.24) is 0 Å². The molecule has 0 heterocycles.